The van der Waals surface area contributed by atoms with Gasteiger partial charge in [-0.25, -0.2) is 0 Å². The summed E-state index contributed by atoms with van der Waals surface area (Å²) in [6.45, 7) is 18.0. The third-order valence-electron chi connectivity index (χ3n) is 6.08. The molecule has 1 aliphatic heterocycles. The molecule has 32 heavy (non-hydrogen) atoms. The number of hydrogen-bond donors (Lipinski definition) is 0. The van der Waals surface area contributed by atoms with Crippen LogP contribution in [0.1, 0.15) is 57.1 Å². The van der Waals surface area contributed by atoms with Crippen molar-refractivity contribution in [3.63, 3.8) is 0 Å². The lowest BCUT2D eigenvalue weighted by molar-refractivity contribution is 0.0365. The number of thiophene rings is 1. The molecule has 2 aromatic rings. The van der Waals surface area contributed by atoms with Crippen molar-refractivity contribution in [1.82, 2.24) is 9.47 Å². The quantitative estimate of drug-likeness (QED) is 0.240. The molecule has 2 aromatic heterocycles. The lowest BCUT2D eigenvalue weighted by Crippen LogP contribution is -2.38. The molecule has 5 heteroatoms. The second-order valence-corrected chi connectivity index (χ2v) is 8.78. The number of morpholine rings is 1. The summed E-state index contributed by atoms with van der Waals surface area (Å²) in [5.41, 5.74) is 3.21. The topological polar surface area (TPSA) is 34.5 Å². The Kier molecular flexibility index (Phi) is 11.1. The predicted octanol–water partition coefficient (Wildman–Crippen LogP) is 6.66. The average Bonchev–Trinajstić information content (AvgIpc) is 3.39. The Morgan fingerprint density at radius 3 is 2.53 bits per heavy atom. The molecule has 1 saturated heterocycles. The Labute approximate surface area is 198 Å². The number of carbonyl (C=O) groups is 1. The van der Waals surface area contributed by atoms with Crippen molar-refractivity contribution >= 4 is 27.3 Å². The van der Waals surface area contributed by atoms with E-state index in [0.717, 1.165) is 62.5 Å². The molecule has 1 atom stereocenters. The molecule has 1 aliphatic rings. The molecular formula is C27H40N2O2S. The first-order valence-electron chi connectivity index (χ1n) is 12.0. The zero-order valence-electron chi connectivity index (χ0n) is 20.7. The summed E-state index contributed by atoms with van der Waals surface area (Å²) in [4.78, 5) is 16.7. The van der Waals surface area contributed by atoms with E-state index >= 15 is 0 Å². The molecule has 3 rings (SSSR count). The van der Waals surface area contributed by atoms with Gasteiger partial charge in [-0.2, -0.15) is 0 Å². The van der Waals surface area contributed by atoms with Gasteiger partial charge in [-0.3, -0.25) is 9.69 Å². The normalized spacial score (nSPS) is 16.6. The fraction of sp³-hybridized carbons (Fsp3) is 0.519. The zero-order chi connectivity index (χ0) is 23.5. The van der Waals surface area contributed by atoms with Gasteiger partial charge in [0.25, 0.3) is 0 Å². The van der Waals surface area contributed by atoms with Gasteiger partial charge in [-0.15, -0.1) is 11.3 Å². The lowest BCUT2D eigenvalue weighted by Gasteiger charge is -2.26. The van der Waals surface area contributed by atoms with Gasteiger partial charge in [0.05, 0.1) is 18.8 Å². The van der Waals surface area contributed by atoms with Gasteiger partial charge in [0.1, 0.15) is 4.83 Å². The first-order valence-corrected chi connectivity index (χ1v) is 12.9. The smallest absolute Gasteiger partial charge is 0.188 e. The first-order chi connectivity index (χ1) is 15.6. The molecule has 0 bridgehead atoms. The van der Waals surface area contributed by atoms with Gasteiger partial charge < -0.3 is 9.30 Å². The minimum atomic E-state index is 0.0799. The van der Waals surface area contributed by atoms with Crippen LogP contribution in [0.4, 0.5) is 0 Å². The number of nitrogens with zero attached hydrogens (tertiary/aromatic N) is 2. The van der Waals surface area contributed by atoms with Gasteiger partial charge in [0.2, 0.25) is 0 Å². The highest BCUT2D eigenvalue weighted by Gasteiger charge is 2.20. The van der Waals surface area contributed by atoms with Gasteiger partial charge >= 0.3 is 0 Å². The van der Waals surface area contributed by atoms with Crippen LogP contribution in [0.15, 0.2) is 47.4 Å². The van der Waals surface area contributed by atoms with Crippen molar-refractivity contribution in [2.45, 2.75) is 54.5 Å². The molecule has 3 heterocycles. The summed E-state index contributed by atoms with van der Waals surface area (Å²) in [7, 11) is 0. The summed E-state index contributed by atoms with van der Waals surface area (Å²) >= 11 is 1.72. The first kappa shape index (κ1) is 26.3. The van der Waals surface area contributed by atoms with E-state index in [2.05, 4.69) is 60.8 Å². The van der Waals surface area contributed by atoms with Crippen molar-refractivity contribution in [2.75, 3.05) is 32.8 Å². The van der Waals surface area contributed by atoms with E-state index in [-0.39, 0.29) is 5.78 Å². The van der Waals surface area contributed by atoms with Crippen LogP contribution in [-0.4, -0.2) is 48.1 Å². The van der Waals surface area contributed by atoms with Crippen molar-refractivity contribution in [2.24, 2.45) is 5.92 Å². The van der Waals surface area contributed by atoms with Crippen molar-refractivity contribution in [3.8, 4) is 0 Å². The van der Waals surface area contributed by atoms with Crippen LogP contribution in [0.25, 0.3) is 10.2 Å². The van der Waals surface area contributed by atoms with Gasteiger partial charge in [0.15, 0.2) is 5.78 Å². The van der Waals surface area contributed by atoms with E-state index in [0.29, 0.717) is 5.92 Å². The predicted molar refractivity (Wildman–Crippen MR) is 139 cm³/mol. The molecule has 0 saturated carbocycles. The highest BCUT2D eigenvalue weighted by molar-refractivity contribution is 7.16. The minimum Gasteiger partial charge on any atom is -0.379 e. The fourth-order valence-electron chi connectivity index (χ4n) is 4.00. The van der Waals surface area contributed by atoms with E-state index in [1.165, 1.54) is 10.4 Å². The number of ether oxygens (including phenoxy) is 1. The Hall–Kier alpha value is -1.95. The summed E-state index contributed by atoms with van der Waals surface area (Å²) in [6.07, 6.45) is 10.9. The maximum absolute atomic E-state index is 13.0. The van der Waals surface area contributed by atoms with E-state index in [4.69, 9.17) is 4.74 Å². The highest BCUT2D eigenvalue weighted by atomic mass is 32.1. The number of allylic oxidation sites excluding steroid dienone is 6. The maximum Gasteiger partial charge on any atom is 0.188 e. The van der Waals surface area contributed by atoms with Crippen LogP contribution in [0.3, 0.4) is 0 Å². The fourth-order valence-corrected chi connectivity index (χ4v) is 4.99. The monoisotopic (exact) mass is 456 g/mol. The summed E-state index contributed by atoms with van der Waals surface area (Å²) in [5, 5.41) is 3.16. The molecule has 1 fully saturated rings. The van der Waals surface area contributed by atoms with Gasteiger partial charge in [0, 0.05) is 37.3 Å². The number of fused-ring (bicyclic) bond motifs is 1. The van der Waals surface area contributed by atoms with Crippen LogP contribution in [0.5, 0.6) is 0 Å². The maximum atomic E-state index is 13.0. The molecule has 4 nitrogen and oxygen atoms in total. The Morgan fingerprint density at radius 2 is 1.88 bits per heavy atom. The lowest BCUT2D eigenvalue weighted by atomic mass is 9.98. The number of rotatable bonds is 9. The molecular weight excluding hydrogens is 416 g/mol. The van der Waals surface area contributed by atoms with Crippen molar-refractivity contribution in [3.05, 3.63) is 58.7 Å². The molecule has 0 radical (unpaired) electrons. The minimum absolute atomic E-state index is 0.0799. The average molecular weight is 457 g/mol. The molecule has 0 amide bonds. The van der Waals surface area contributed by atoms with Crippen molar-refractivity contribution in [1.29, 1.82) is 0 Å². The summed E-state index contributed by atoms with van der Waals surface area (Å²) < 4.78 is 7.76. The van der Waals surface area contributed by atoms with Crippen molar-refractivity contribution < 1.29 is 9.53 Å². The summed E-state index contributed by atoms with van der Waals surface area (Å²) in [6, 6.07) is 2.08. The second kappa shape index (κ2) is 13.6. The van der Waals surface area contributed by atoms with Crippen LogP contribution in [0.2, 0.25) is 0 Å². The standard InChI is InChI=1S/C25H34N2O2S.C2H6/c1-5-19(3)21(6-2)9-7-8-10-23(28)24-20(4)27(25-22(24)11-18-30-25)13-12-26-14-16-29-17-15-26;1-2/h6-11,18-19H,5,12-17H2,1-4H3;1-2H3/b9-7-,10-8+,21-6+;. The van der Waals surface area contributed by atoms with Crippen LogP contribution < -0.4 is 0 Å². The second-order valence-electron chi connectivity index (χ2n) is 7.89. The molecule has 0 N–H and O–H groups in total. The Morgan fingerprint density at radius 1 is 1.19 bits per heavy atom. The Bertz CT molecular complexity index is 942. The summed E-state index contributed by atoms with van der Waals surface area (Å²) in [5.74, 6) is 0.611. The van der Waals surface area contributed by atoms with Crippen LogP contribution >= 0.6 is 11.3 Å². The SMILES string of the molecule is CC.C\C=C(/C=C\C=C\C(=O)c1c(C)n(CCN2CCOCC2)c2sccc12)C(C)CC. The molecule has 0 spiro atoms. The number of aromatic nitrogens is 1. The third kappa shape index (κ3) is 6.53. The van der Waals surface area contributed by atoms with Gasteiger partial charge in [-0.05, 0) is 49.3 Å². The third-order valence-corrected chi connectivity index (χ3v) is 7.01. The number of hydrogen-bond acceptors (Lipinski definition) is 4. The highest BCUT2D eigenvalue weighted by Crippen LogP contribution is 2.31. The van der Waals surface area contributed by atoms with E-state index in [1.54, 1.807) is 17.4 Å². The van der Waals surface area contributed by atoms with Gasteiger partial charge in [-0.1, -0.05) is 52.0 Å². The Balaban J connectivity index is 0.00000176. The molecule has 1 unspecified atom stereocenters. The van der Waals surface area contributed by atoms with Crippen LogP contribution in [0, 0.1) is 12.8 Å². The van der Waals surface area contributed by atoms with E-state index in [9.17, 15) is 4.79 Å². The number of carbonyl (C=O) groups excluding carboxylic acids is 1. The van der Waals surface area contributed by atoms with Crippen LogP contribution in [-0.2, 0) is 11.3 Å². The largest absolute Gasteiger partial charge is 0.379 e. The molecule has 0 aromatic carbocycles. The van der Waals surface area contributed by atoms with E-state index < -0.39 is 0 Å². The molecule has 176 valence electrons. The molecule has 0 aliphatic carbocycles. The zero-order valence-corrected chi connectivity index (χ0v) is 21.5. The van der Waals surface area contributed by atoms with E-state index in [1.807, 2.05) is 26.0 Å². The number of ketones is 1.